The molecule has 2 N–H and O–H groups in total. The largest absolute Gasteiger partial charge is 1.00 e. The fourth-order valence-corrected chi connectivity index (χ4v) is 4.08. The minimum Gasteiger partial charge on any atom is -1.00 e. The average molecular weight is 478 g/mol. The Hall–Kier alpha value is -1.46. The van der Waals surface area contributed by atoms with E-state index in [4.69, 9.17) is 0 Å². The van der Waals surface area contributed by atoms with Gasteiger partial charge in [-0.2, -0.15) is 13.5 Å². The van der Waals surface area contributed by atoms with Crippen molar-refractivity contribution in [3.05, 3.63) is 40.8 Å². The van der Waals surface area contributed by atoms with E-state index in [1.165, 1.54) is 22.9 Å². The number of hydrogen-bond donors (Lipinski definition) is 2. The van der Waals surface area contributed by atoms with E-state index in [9.17, 15) is 17.6 Å². The summed E-state index contributed by atoms with van der Waals surface area (Å²) in [6, 6.07) is 3.23. The molecule has 11 heteroatoms. The summed E-state index contributed by atoms with van der Waals surface area (Å²) in [5.74, 6) is -0.549. The second-order valence-electron chi connectivity index (χ2n) is 8.26. The molecule has 2 amide bonds. The molecule has 2 rings (SSSR count). The summed E-state index contributed by atoms with van der Waals surface area (Å²) in [6.45, 7) is 10.8. The number of anilines is 1. The molecule has 0 spiro atoms. The maximum absolute atomic E-state index is 14.1. The minimum atomic E-state index is -4.18. The van der Waals surface area contributed by atoms with Crippen molar-refractivity contribution >= 4 is 21.7 Å². The first-order valence-electron chi connectivity index (χ1n) is 10.2. The van der Waals surface area contributed by atoms with Gasteiger partial charge in [0.1, 0.15) is 5.82 Å². The van der Waals surface area contributed by atoms with Crippen molar-refractivity contribution in [2.75, 3.05) is 18.9 Å². The van der Waals surface area contributed by atoms with Gasteiger partial charge in [0, 0.05) is 25.3 Å². The Kier molecular flexibility index (Phi) is 10.4. The fraction of sp³-hybridized carbons (Fsp3) is 0.524. The predicted octanol–water partition coefficient (Wildman–Crippen LogP) is 0.885. The van der Waals surface area contributed by atoms with Crippen LogP contribution < -0.4 is 39.6 Å². The van der Waals surface area contributed by atoms with Gasteiger partial charge in [-0.25, -0.2) is 13.9 Å². The molecule has 32 heavy (non-hydrogen) atoms. The molecule has 0 aliphatic heterocycles. The second kappa shape index (κ2) is 11.6. The maximum Gasteiger partial charge on any atom is 1.00 e. The monoisotopic (exact) mass is 477 g/mol. The van der Waals surface area contributed by atoms with Gasteiger partial charge < -0.3 is 11.6 Å². The zero-order chi connectivity index (χ0) is 23.5. The van der Waals surface area contributed by atoms with Crippen LogP contribution in [0.2, 0.25) is 0 Å². The van der Waals surface area contributed by atoms with E-state index in [1.807, 2.05) is 51.3 Å². The number of aryl methyl sites for hydroxylation is 1. The van der Waals surface area contributed by atoms with Crippen LogP contribution in [0.25, 0.3) is 0 Å². The average Bonchev–Trinajstić information content (AvgIpc) is 3.03. The first-order valence-corrected chi connectivity index (χ1v) is 11.7. The smallest absolute Gasteiger partial charge is 1.00 e. The molecule has 174 valence electrons. The third-order valence-electron chi connectivity index (χ3n) is 5.08. The zero-order valence-electron chi connectivity index (χ0n) is 21.2. The van der Waals surface area contributed by atoms with Gasteiger partial charge in [-0.3, -0.25) is 4.68 Å². The molecule has 1 heterocycles. The van der Waals surface area contributed by atoms with Crippen molar-refractivity contribution in [3.63, 3.8) is 0 Å². The zero-order valence-corrected chi connectivity index (χ0v) is 23.0. The number of nitrogens with one attached hydrogen (secondary N) is 2. The van der Waals surface area contributed by atoms with Crippen molar-refractivity contribution in [2.45, 2.75) is 58.0 Å². The van der Waals surface area contributed by atoms with Gasteiger partial charge >= 0.3 is 35.6 Å². The van der Waals surface area contributed by atoms with Gasteiger partial charge in [0.2, 0.25) is 0 Å². The molecule has 1 aromatic heterocycles. The Morgan fingerprint density at radius 3 is 2.19 bits per heavy atom. The van der Waals surface area contributed by atoms with Crippen molar-refractivity contribution in [1.82, 2.24) is 19.4 Å². The van der Waals surface area contributed by atoms with Crippen LogP contribution >= 0.6 is 0 Å². The third kappa shape index (κ3) is 7.02. The van der Waals surface area contributed by atoms with Crippen molar-refractivity contribution in [2.24, 2.45) is 7.05 Å². The molecule has 8 nitrogen and oxygen atoms in total. The number of aromatic nitrogens is 2. The van der Waals surface area contributed by atoms with Crippen LogP contribution in [0.3, 0.4) is 0 Å². The molecule has 0 aliphatic carbocycles. The molecule has 0 unspecified atom stereocenters. The first-order chi connectivity index (χ1) is 14.4. The SMILES string of the molecule is CCN(C)Cc1cc(S(=O)(=O)NC(=O)Nc2c(C(C)C)cc(F)cc2C(C)C)nn1C.[H-].[Na+]. The van der Waals surface area contributed by atoms with Crippen molar-refractivity contribution < 1.29 is 48.6 Å². The molecule has 0 saturated heterocycles. The van der Waals surface area contributed by atoms with Crippen LogP contribution in [0, 0.1) is 5.82 Å². The minimum absolute atomic E-state index is 0. The molecule has 1 aromatic carbocycles. The summed E-state index contributed by atoms with van der Waals surface area (Å²) in [6.07, 6.45) is 0. The number of amides is 2. The third-order valence-corrected chi connectivity index (χ3v) is 6.28. The number of hydrogen-bond acceptors (Lipinski definition) is 5. The molecule has 0 aliphatic rings. The van der Waals surface area contributed by atoms with Crippen LogP contribution in [0.4, 0.5) is 14.9 Å². The van der Waals surface area contributed by atoms with Crippen LogP contribution in [0.5, 0.6) is 0 Å². The first kappa shape index (κ1) is 28.6. The Morgan fingerprint density at radius 1 is 1.19 bits per heavy atom. The molecule has 2 aromatic rings. The second-order valence-corrected chi connectivity index (χ2v) is 9.89. The van der Waals surface area contributed by atoms with Gasteiger partial charge in [0.25, 0.3) is 10.0 Å². The number of benzene rings is 1. The number of urea groups is 1. The van der Waals surface area contributed by atoms with Crippen LogP contribution in [-0.2, 0) is 23.6 Å². The number of carbonyl (C=O) groups is 1. The predicted molar refractivity (Wildman–Crippen MR) is 120 cm³/mol. The van der Waals surface area contributed by atoms with E-state index < -0.39 is 21.9 Å². The van der Waals surface area contributed by atoms with Crippen LogP contribution in [-0.4, -0.2) is 42.7 Å². The van der Waals surface area contributed by atoms with Gasteiger partial charge in [-0.05, 0) is 48.7 Å². The van der Waals surface area contributed by atoms with Crippen LogP contribution in [0.15, 0.2) is 23.2 Å². The molecule has 0 saturated carbocycles. The van der Waals surface area contributed by atoms with Crippen molar-refractivity contribution in [1.29, 1.82) is 0 Å². The normalized spacial score (nSPS) is 11.7. The van der Waals surface area contributed by atoms with Crippen LogP contribution in [0.1, 0.15) is 64.7 Å². The molecule has 0 radical (unpaired) electrons. The molecule has 0 fully saturated rings. The number of halogens is 1. The van der Waals surface area contributed by atoms with E-state index in [1.54, 1.807) is 7.05 Å². The number of rotatable bonds is 8. The van der Waals surface area contributed by atoms with Gasteiger partial charge in [0.05, 0.1) is 5.69 Å². The summed E-state index contributed by atoms with van der Waals surface area (Å²) in [5.41, 5.74) is 2.32. The Balaban J connectivity index is 0.00000512. The number of sulfonamides is 1. The topological polar surface area (TPSA) is 96.3 Å². The van der Waals surface area contributed by atoms with Gasteiger partial charge in [0.15, 0.2) is 5.03 Å². The Bertz CT molecular complexity index is 1030. The number of carbonyl (C=O) groups excluding carboxylic acids is 1. The Morgan fingerprint density at radius 2 is 1.72 bits per heavy atom. The summed E-state index contributed by atoms with van der Waals surface area (Å²) in [5, 5.41) is 6.42. The quantitative estimate of drug-likeness (QED) is 0.551. The van der Waals surface area contributed by atoms with Gasteiger partial charge in [-0.1, -0.05) is 34.6 Å². The van der Waals surface area contributed by atoms with Crippen molar-refractivity contribution in [3.8, 4) is 0 Å². The summed E-state index contributed by atoms with van der Waals surface area (Å²) >= 11 is 0. The van der Waals surface area contributed by atoms with Gasteiger partial charge in [-0.15, -0.1) is 0 Å². The summed E-state index contributed by atoms with van der Waals surface area (Å²) in [4.78, 5) is 14.6. The van der Waals surface area contributed by atoms with E-state index in [-0.39, 0.29) is 47.8 Å². The van der Waals surface area contributed by atoms with E-state index in [2.05, 4.69) is 10.4 Å². The summed E-state index contributed by atoms with van der Waals surface area (Å²) < 4.78 is 43.0. The van der Waals surface area contributed by atoms with E-state index >= 15 is 0 Å². The molecular formula is C21H33FN5NaO3S. The molecular weight excluding hydrogens is 444 g/mol. The van der Waals surface area contributed by atoms with E-state index in [0.717, 1.165) is 6.54 Å². The Labute approximate surface area is 213 Å². The number of nitrogens with zero attached hydrogens (tertiary/aromatic N) is 3. The fourth-order valence-electron chi connectivity index (χ4n) is 3.16. The molecule has 0 bridgehead atoms. The molecule has 0 atom stereocenters. The maximum atomic E-state index is 14.1. The van der Waals surface area contributed by atoms with E-state index in [0.29, 0.717) is 29.1 Å². The summed E-state index contributed by atoms with van der Waals surface area (Å²) in [7, 11) is -0.621. The standard InChI is InChI=1S/C21H32FN5O3S.Na.H/c1-8-26(6)12-16-11-19(24-27(16)7)31(29,30)25-21(28)23-20-17(13(2)3)9-15(22)10-18(20)14(4)5;;/h9-11,13-14H,8,12H2,1-7H3,(H2,23,25,28);;/q;+1;-1.